The van der Waals surface area contributed by atoms with Gasteiger partial charge in [0.05, 0.1) is 16.8 Å². The summed E-state index contributed by atoms with van der Waals surface area (Å²) in [7, 11) is 0. The first kappa shape index (κ1) is 19.1. The summed E-state index contributed by atoms with van der Waals surface area (Å²) in [6, 6.07) is 10.0. The summed E-state index contributed by atoms with van der Waals surface area (Å²) >= 11 is 6.30. The van der Waals surface area contributed by atoms with Gasteiger partial charge in [-0.05, 0) is 51.1 Å². The van der Waals surface area contributed by atoms with Gasteiger partial charge in [-0.25, -0.2) is 14.2 Å². The van der Waals surface area contributed by atoms with Crippen LogP contribution in [0.15, 0.2) is 48.8 Å². The highest BCUT2D eigenvalue weighted by molar-refractivity contribution is 6.36. The third kappa shape index (κ3) is 3.36. The number of hydrogen-bond acceptors (Lipinski definition) is 3. The van der Waals surface area contributed by atoms with Crippen LogP contribution in [0, 0.1) is 0 Å². The van der Waals surface area contributed by atoms with Crippen LogP contribution in [0.25, 0.3) is 32.9 Å². The lowest BCUT2D eigenvalue weighted by atomic mass is 10.1. The highest BCUT2D eigenvalue weighted by Gasteiger charge is 2.24. The second-order valence-corrected chi connectivity index (χ2v) is 8.21. The van der Waals surface area contributed by atoms with Crippen molar-refractivity contribution in [1.29, 1.82) is 0 Å². The standard InChI is InChI=1S/C22H19ClN2O4/c1-22(2,3)29-21(28)25-18-7-4-12(20(26)27)8-13(18)9-19(25)14-5-6-17(23)16-11-24-10-15(14)16/h4-11,24H,1-3H3,(H,26,27). The number of nitrogens with one attached hydrogen (secondary N) is 1. The van der Waals surface area contributed by atoms with Crippen LogP contribution in [0.2, 0.25) is 5.02 Å². The van der Waals surface area contributed by atoms with E-state index in [2.05, 4.69) is 4.98 Å². The number of aromatic nitrogens is 2. The second-order valence-electron chi connectivity index (χ2n) is 7.80. The molecule has 0 amide bonds. The fourth-order valence-electron chi connectivity index (χ4n) is 3.39. The maximum absolute atomic E-state index is 13.1. The Labute approximate surface area is 171 Å². The molecule has 0 aliphatic carbocycles. The molecule has 2 heterocycles. The molecule has 4 rings (SSSR count). The average molecular weight is 411 g/mol. The van der Waals surface area contributed by atoms with Crippen molar-refractivity contribution < 1.29 is 19.4 Å². The molecule has 0 spiro atoms. The monoisotopic (exact) mass is 410 g/mol. The van der Waals surface area contributed by atoms with Gasteiger partial charge in [0.2, 0.25) is 0 Å². The summed E-state index contributed by atoms with van der Waals surface area (Å²) in [5.41, 5.74) is 1.41. The lowest BCUT2D eigenvalue weighted by molar-refractivity contribution is 0.0546. The third-order valence-corrected chi connectivity index (χ3v) is 4.92. The minimum absolute atomic E-state index is 0.147. The van der Waals surface area contributed by atoms with Crippen LogP contribution >= 0.6 is 11.6 Å². The molecule has 2 N–H and O–H groups in total. The molecule has 0 unspecified atom stereocenters. The van der Waals surface area contributed by atoms with Crippen molar-refractivity contribution in [2.45, 2.75) is 26.4 Å². The van der Waals surface area contributed by atoms with Crippen molar-refractivity contribution in [3.8, 4) is 11.3 Å². The van der Waals surface area contributed by atoms with Crippen LogP contribution in [0.1, 0.15) is 31.1 Å². The zero-order valence-corrected chi connectivity index (χ0v) is 16.9. The predicted molar refractivity (Wildman–Crippen MR) is 113 cm³/mol. The van der Waals surface area contributed by atoms with Crippen LogP contribution in [0.3, 0.4) is 0 Å². The fraction of sp³-hybridized carbons (Fsp3) is 0.182. The van der Waals surface area contributed by atoms with E-state index in [1.165, 1.54) is 10.6 Å². The van der Waals surface area contributed by atoms with Gasteiger partial charge in [-0.3, -0.25) is 0 Å². The van der Waals surface area contributed by atoms with E-state index in [0.29, 0.717) is 21.6 Å². The van der Waals surface area contributed by atoms with Crippen molar-refractivity contribution in [3.63, 3.8) is 0 Å². The molecule has 29 heavy (non-hydrogen) atoms. The fourth-order valence-corrected chi connectivity index (χ4v) is 3.61. The smallest absolute Gasteiger partial charge is 0.419 e. The zero-order chi connectivity index (χ0) is 20.9. The molecule has 0 saturated heterocycles. The molecule has 0 radical (unpaired) electrons. The first-order valence-corrected chi connectivity index (χ1v) is 9.41. The molecule has 0 fully saturated rings. The number of aromatic amines is 1. The number of carboxylic acids is 1. The van der Waals surface area contributed by atoms with Gasteiger partial charge in [0.15, 0.2) is 0 Å². The molecule has 0 bridgehead atoms. The number of halogens is 1. The van der Waals surface area contributed by atoms with Gasteiger partial charge in [-0.2, -0.15) is 0 Å². The van der Waals surface area contributed by atoms with Crippen molar-refractivity contribution in [2.24, 2.45) is 0 Å². The van der Waals surface area contributed by atoms with E-state index in [4.69, 9.17) is 16.3 Å². The summed E-state index contributed by atoms with van der Waals surface area (Å²) in [6.45, 7) is 5.39. The molecule has 6 nitrogen and oxygen atoms in total. The van der Waals surface area contributed by atoms with E-state index in [9.17, 15) is 14.7 Å². The topological polar surface area (TPSA) is 84.3 Å². The van der Waals surface area contributed by atoms with Crippen molar-refractivity contribution in [3.05, 3.63) is 59.4 Å². The molecule has 0 aliphatic heterocycles. The second kappa shape index (κ2) is 6.67. The molecular weight excluding hydrogens is 392 g/mol. The molecule has 0 saturated carbocycles. The van der Waals surface area contributed by atoms with E-state index >= 15 is 0 Å². The number of fused-ring (bicyclic) bond motifs is 2. The van der Waals surface area contributed by atoms with Crippen LogP contribution in [-0.2, 0) is 4.74 Å². The maximum atomic E-state index is 13.1. The lowest BCUT2D eigenvalue weighted by Gasteiger charge is -2.21. The number of nitrogens with zero attached hydrogens (tertiary/aromatic N) is 1. The Bertz CT molecular complexity index is 1280. The SMILES string of the molecule is CC(C)(C)OC(=O)n1c(-c2ccc(Cl)c3c[nH]cc23)cc2cc(C(=O)O)ccc21. The van der Waals surface area contributed by atoms with E-state index in [0.717, 1.165) is 16.3 Å². The quantitative estimate of drug-likeness (QED) is 0.429. The Balaban J connectivity index is 2.02. The summed E-state index contributed by atoms with van der Waals surface area (Å²) < 4.78 is 7.10. The van der Waals surface area contributed by atoms with Crippen molar-refractivity contribution in [2.75, 3.05) is 0 Å². The molecule has 2 aromatic carbocycles. The maximum Gasteiger partial charge on any atom is 0.419 e. The lowest BCUT2D eigenvalue weighted by Crippen LogP contribution is -2.27. The molecule has 4 aromatic rings. The van der Waals surface area contributed by atoms with E-state index in [1.54, 1.807) is 51.2 Å². The summed E-state index contributed by atoms with van der Waals surface area (Å²) in [5.74, 6) is -1.03. The van der Waals surface area contributed by atoms with Gasteiger partial charge < -0.3 is 14.8 Å². The average Bonchev–Trinajstić information content (AvgIpc) is 3.25. The van der Waals surface area contributed by atoms with Gasteiger partial charge in [-0.15, -0.1) is 0 Å². The minimum atomic E-state index is -1.03. The Morgan fingerprint density at radius 2 is 1.79 bits per heavy atom. The van der Waals surface area contributed by atoms with Crippen LogP contribution < -0.4 is 0 Å². The number of benzene rings is 2. The van der Waals surface area contributed by atoms with Gasteiger partial charge in [0, 0.05) is 39.1 Å². The highest BCUT2D eigenvalue weighted by Crippen LogP contribution is 2.36. The van der Waals surface area contributed by atoms with Gasteiger partial charge in [0.25, 0.3) is 0 Å². The van der Waals surface area contributed by atoms with Gasteiger partial charge in [0.1, 0.15) is 5.60 Å². The summed E-state index contributed by atoms with van der Waals surface area (Å²) in [4.78, 5) is 27.5. The first-order chi connectivity index (χ1) is 13.7. The Morgan fingerprint density at radius 3 is 2.48 bits per heavy atom. The van der Waals surface area contributed by atoms with E-state index in [1.807, 2.05) is 12.3 Å². The largest absolute Gasteiger partial charge is 0.478 e. The summed E-state index contributed by atoms with van der Waals surface area (Å²) in [6.07, 6.45) is 3.07. The predicted octanol–water partition coefficient (Wildman–Crippen LogP) is 5.92. The van der Waals surface area contributed by atoms with E-state index in [-0.39, 0.29) is 5.56 Å². The number of rotatable bonds is 2. The third-order valence-electron chi connectivity index (χ3n) is 4.59. The molecule has 148 valence electrons. The highest BCUT2D eigenvalue weighted by atomic mass is 35.5. The number of carboxylic acid groups (broad SMARTS) is 1. The van der Waals surface area contributed by atoms with Crippen LogP contribution in [-0.4, -0.2) is 32.3 Å². The van der Waals surface area contributed by atoms with Crippen molar-refractivity contribution >= 4 is 45.3 Å². The first-order valence-electron chi connectivity index (χ1n) is 9.03. The summed E-state index contributed by atoms with van der Waals surface area (Å²) in [5, 5.41) is 12.2. The van der Waals surface area contributed by atoms with Crippen molar-refractivity contribution in [1.82, 2.24) is 9.55 Å². The van der Waals surface area contributed by atoms with Gasteiger partial charge >= 0.3 is 12.1 Å². The van der Waals surface area contributed by atoms with Crippen LogP contribution in [0.5, 0.6) is 0 Å². The minimum Gasteiger partial charge on any atom is -0.478 e. The Morgan fingerprint density at radius 1 is 1.07 bits per heavy atom. The Hall–Kier alpha value is -3.25. The molecule has 0 aliphatic rings. The number of aromatic carboxylic acids is 1. The molecular formula is C22H19ClN2O4. The number of carbonyl (C=O) groups is 2. The Kier molecular flexibility index (Phi) is 4.39. The molecule has 0 atom stereocenters. The normalized spacial score (nSPS) is 11.9. The number of ether oxygens (including phenoxy) is 1. The zero-order valence-electron chi connectivity index (χ0n) is 16.1. The molecule has 2 aromatic heterocycles. The number of carbonyl (C=O) groups excluding carboxylic acids is 1. The van der Waals surface area contributed by atoms with Crippen LogP contribution in [0.4, 0.5) is 4.79 Å². The van der Waals surface area contributed by atoms with E-state index < -0.39 is 17.7 Å². The number of H-pyrrole nitrogens is 1. The molecule has 7 heteroatoms. The number of hydrogen-bond donors (Lipinski definition) is 2. The van der Waals surface area contributed by atoms with Gasteiger partial charge in [-0.1, -0.05) is 17.7 Å².